The molecule has 7 heteroatoms. The summed E-state index contributed by atoms with van der Waals surface area (Å²) < 4.78 is 11.0. The molecule has 168 valence electrons. The van der Waals surface area contributed by atoms with E-state index in [1.165, 1.54) is 7.11 Å². The van der Waals surface area contributed by atoms with Crippen molar-refractivity contribution in [1.29, 1.82) is 0 Å². The molecule has 6 nitrogen and oxygen atoms in total. The maximum absolute atomic E-state index is 13.6. The van der Waals surface area contributed by atoms with Crippen LogP contribution < -0.4 is 19.7 Å². The Labute approximate surface area is 197 Å². The first kappa shape index (κ1) is 22.4. The highest BCUT2D eigenvalue weighted by Crippen LogP contribution is 2.38. The summed E-state index contributed by atoms with van der Waals surface area (Å²) in [7, 11) is 1.53. The SMILES string of the molecule is CCOc1ccc(NC2=C(c3ccccc3OC)C(=O)N(c3ccc(C)c(Cl)c3)C2=O)cc1. The number of hydrogen-bond acceptors (Lipinski definition) is 5. The molecule has 0 bridgehead atoms. The summed E-state index contributed by atoms with van der Waals surface area (Å²) in [4.78, 5) is 28.3. The second-order valence-corrected chi connectivity index (χ2v) is 7.82. The first-order valence-electron chi connectivity index (χ1n) is 10.5. The molecule has 1 aliphatic heterocycles. The van der Waals surface area contributed by atoms with E-state index < -0.39 is 11.8 Å². The van der Waals surface area contributed by atoms with E-state index in [1.54, 1.807) is 66.7 Å². The molecule has 2 amide bonds. The zero-order chi connectivity index (χ0) is 23.5. The Hall–Kier alpha value is -3.77. The van der Waals surface area contributed by atoms with Gasteiger partial charge < -0.3 is 14.8 Å². The Morgan fingerprint density at radius 2 is 1.70 bits per heavy atom. The maximum Gasteiger partial charge on any atom is 0.282 e. The van der Waals surface area contributed by atoms with Crippen LogP contribution >= 0.6 is 11.6 Å². The molecule has 0 saturated carbocycles. The van der Waals surface area contributed by atoms with Gasteiger partial charge in [-0.25, -0.2) is 4.90 Å². The maximum atomic E-state index is 13.6. The van der Waals surface area contributed by atoms with Crippen LogP contribution in [0.25, 0.3) is 5.57 Å². The van der Waals surface area contributed by atoms with E-state index in [4.69, 9.17) is 21.1 Å². The Balaban J connectivity index is 1.81. The number of imide groups is 1. The van der Waals surface area contributed by atoms with Crippen LogP contribution in [0.1, 0.15) is 18.1 Å². The topological polar surface area (TPSA) is 67.9 Å². The third kappa shape index (κ3) is 4.30. The molecule has 3 aromatic rings. The number of nitrogens with zero attached hydrogens (tertiary/aromatic N) is 1. The lowest BCUT2D eigenvalue weighted by atomic mass is 10.0. The third-order valence-electron chi connectivity index (χ3n) is 5.31. The average Bonchev–Trinajstić information content (AvgIpc) is 3.06. The van der Waals surface area contributed by atoms with Crippen LogP contribution in [0, 0.1) is 6.92 Å². The molecule has 0 aromatic heterocycles. The third-order valence-corrected chi connectivity index (χ3v) is 5.72. The van der Waals surface area contributed by atoms with Crippen LogP contribution in [0.5, 0.6) is 11.5 Å². The van der Waals surface area contributed by atoms with Gasteiger partial charge in [-0.1, -0.05) is 35.9 Å². The summed E-state index contributed by atoms with van der Waals surface area (Å²) in [6, 6.07) is 19.4. The normalized spacial score (nSPS) is 13.5. The molecule has 0 atom stereocenters. The molecule has 0 fully saturated rings. The molecule has 0 radical (unpaired) electrons. The summed E-state index contributed by atoms with van der Waals surface area (Å²) in [6.07, 6.45) is 0. The fourth-order valence-electron chi connectivity index (χ4n) is 3.65. The number of methoxy groups -OCH3 is 1. The van der Waals surface area contributed by atoms with E-state index in [0.29, 0.717) is 40.1 Å². The highest BCUT2D eigenvalue weighted by Gasteiger charge is 2.41. The second kappa shape index (κ2) is 9.38. The summed E-state index contributed by atoms with van der Waals surface area (Å²) in [5.41, 5.74) is 2.80. The first-order chi connectivity index (χ1) is 15.9. The molecule has 0 unspecified atom stereocenters. The van der Waals surface area contributed by atoms with Gasteiger partial charge in [-0.2, -0.15) is 0 Å². The lowest BCUT2D eigenvalue weighted by molar-refractivity contribution is -0.120. The van der Waals surface area contributed by atoms with E-state index >= 15 is 0 Å². The molecule has 33 heavy (non-hydrogen) atoms. The van der Waals surface area contributed by atoms with Gasteiger partial charge in [0.15, 0.2) is 0 Å². The zero-order valence-electron chi connectivity index (χ0n) is 18.5. The molecule has 0 aliphatic carbocycles. The summed E-state index contributed by atoms with van der Waals surface area (Å²) in [5.74, 6) is 0.266. The van der Waals surface area contributed by atoms with Crippen LogP contribution in [-0.4, -0.2) is 25.5 Å². The Morgan fingerprint density at radius 3 is 2.36 bits per heavy atom. The number of rotatable bonds is 7. The van der Waals surface area contributed by atoms with Gasteiger partial charge >= 0.3 is 0 Å². The lowest BCUT2D eigenvalue weighted by Crippen LogP contribution is -2.32. The lowest BCUT2D eigenvalue weighted by Gasteiger charge is -2.16. The highest BCUT2D eigenvalue weighted by molar-refractivity contribution is 6.46. The molecular weight excluding hydrogens is 440 g/mol. The summed E-state index contributed by atoms with van der Waals surface area (Å²) in [6.45, 7) is 4.32. The standard InChI is InChI=1S/C26H23ClN2O4/c1-4-33-19-13-10-17(11-14-19)28-24-23(20-7-5-6-8-22(20)32-3)25(30)29(26(24)31)18-12-9-16(2)21(27)15-18/h5-15,28H,4H2,1-3H3. The van der Waals surface area contributed by atoms with E-state index in [-0.39, 0.29) is 11.3 Å². The van der Waals surface area contributed by atoms with E-state index in [0.717, 1.165) is 10.5 Å². The molecule has 0 spiro atoms. The number of ether oxygens (including phenoxy) is 2. The van der Waals surface area contributed by atoms with Gasteiger partial charge in [0.2, 0.25) is 0 Å². The number of aryl methyl sites for hydroxylation is 1. The molecule has 1 aliphatic rings. The Morgan fingerprint density at radius 1 is 0.970 bits per heavy atom. The predicted molar refractivity (Wildman–Crippen MR) is 130 cm³/mol. The fraction of sp³-hybridized carbons (Fsp3) is 0.154. The van der Waals surface area contributed by atoms with E-state index in [1.807, 2.05) is 13.8 Å². The highest BCUT2D eigenvalue weighted by atomic mass is 35.5. The number of carbonyl (C=O) groups is 2. The van der Waals surface area contributed by atoms with Crippen LogP contribution in [0.15, 0.2) is 72.4 Å². The number of halogens is 1. The van der Waals surface area contributed by atoms with Crippen molar-refractivity contribution >= 4 is 40.4 Å². The number of nitrogens with one attached hydrogen (secondary N) is 1. The van der Waals surface area contributed by atoms with Crippen LogP contribution in [0.2, 0.25) is 5.02 Å². The van der Waals surface area contributed by atoms with Crippen LogP contribution in [0.4, 0.5) is 11.4 Å². The molecule has 1 N–H and O–H groups in total. The molecule has 3 aromatic carbocycles. The number of amides is 2. The zero-order valence-corrected chi connectivity index (χ0v) is 19.3. The fourth-order valence-corrected chi connectivity index (χ4v) is 3.82. The minimum Gasteiger partial charge on any atom is -0.496 e. The van der Waals surface area contributed by atoms with Gasteiger partial charge in [-0.05, 0) is 61.9 Å². The number of anilines is 2. The van der Waals surface area contributed by atoms with E-state index in [9.17, 15) is 9.59 Å². The van der Waals surface area contributed by atoms with Crippen LogP contribution in [0.3, 0.4) is 0 Å². The molecule has 0 saturated heterocycles. The van der Waals surface area contributed by atoms with Crippen molar-refractivity contribution in [3.63, 3.8) is 0 Å². The minimum absolute atomic E-state index is 0.158. The van der Waals surface area contributed by atoms with E-state index in [2.05, 4.69) is 5.32 Å². The van der Waals surface area contributed by atoms with Crippen molar-refractivity contribution in [1.82, 2.24) is 0 Å². The number of benzene rings is 3. The second-order valence-electron chi connectivity index (χ2n) is 7.41. The van der Waals surface area contributed by atoms with Crippen LogP contribution in [-0.2, 0) is 9.59 Å². The first-order valence-corrected chi connectivity index (χ1v) is 10.8. The van der Waals surface area contributed by atoms with Crippen molar-refractivity contribution < 1.29 is 19.1 Å². The molecule has 1 heterocycles. The number of hydrogen-bond donors (Lipinski definition) is 1. The van der Waals surface area contributed by atoms with Gasteiger partial charge in [0.05, 0.1) is 25.0 Å². The van der Waals surface area contributed by atoms with Gasteiger partial charge in [-0.3, -0.25) is 9.59 Å². The summed E-state index contributed by atoms with van der Waals surface area (Å²) >= 11 is 6.29. The molecular formula is C26H23ClN2O4. The molecule has 4 rings (SSSR count). The average molecular weight is 463 g/mol. The number of carbonyl (C=O) groups excluding carboxylic acids is 2. The van der Waals surface area contributed by atoms with Gasteiger partial charge in [0.1, 0.15) is 17.2 Å². The van der Waals surface area contributed by atoms with Crippen molar-refractivity contribution in [2.24, 2.45) is 0 Å². The van der Waals surface area contributed by atoms with Gasteiger partial charge in [0.25, 0.3) is 11.8 Å². The number of para-hydroxylation sites is 1. The van der Waals surface area contributed by atoms with Crippen molar-refractivity contribution in [2.45, 2.75) is 13.8 Å². The smallest absolute Gasteiger partial charge is 0.282 e. The Bertz CT molecular complexity index is 1250. The van der Waals surface area contributed by atoms with Crippen molar-refractivity contribution in [2.75, 3.05) is 23.9 Å². The van der Waals surface area contributed by atoms with Crippen molar-refractivity contribution in [3.05, 3.63) is 88.6 Å². The van der Waals surface area contributed by atoms with Gasteiger partial charge in [-0.15, -0.1) is 0 Å². The monoisotopic (exact) mass is 462 g/mol. The Kier molecular flexibility index (Phi) is 6.38. The summed E-state index contributed by atoms with van der Waals surface area (Å²) in [5, 5.41) is 3.61. The van der Waals surface area contributed by atoms with Gasteiger partial charge in [0, 0.05) is 16.3 Å². The van der Waals surface area contributed by atoms with Crippen molar-refractivity contribution in [3.8, 4) is 11.5 Å². The minimum atomic E-state index is -0.477. The quantitative estimate of drug-likeness (QED) is 0.473. The largest absolute Gasteiger partial charge is 0.496 e. The predicted octanol–water partition coefficient (Wildman–Crippen LogP) is 5.45.